The van der Waals surface area contributed by atoms with Crippen LogP contribution < -0.4 is 0 Å². The van der Waals surface area contributed by atoms with E-state index in [1.807, 2.05) is 0 Å². The van der Waals surface area contributed by atoms with E-state index in [-0.39, 0.29) is 12.3 Å². The molecule has 7 heteroatoms. The first-order chi connectivity index (χ1) is 8.49. The quantitative estimate of drug-likeness (QED) is 0.806. The number of hydrogen-bond acceptors (Lipinski definition) is 3. The SMILES string of the molecule is FC(F)(F)c1ccc(Cc2nnc(CCl)o2)cc1. The van der Waals surface area contributed by atoms with Crippen LogP contribution in [0.25, 0.3) is 0 Å². The van der Waals surface area contributed by atoms with Gasteiger partial charge in [0, 0.05) is 0 Å². The second kappa shape index (κ2) is 4.97. The number of aromatic nitrogens is 2. The van der Waals surface area contributed by atoms with E-state index in [1.54, 1.807) is 0 Å². The van der Waals surface area contributed by atoms with Crippen molar-refractivity contribution in [1.29, 1.82) is 0 Å². The average Bonchev–Trinajstić information content (AvgIpc) is 2.76. The van der Waals surface area contributed by atoms with Crippen LogP contribution in [0.15, 0.2) is 28.7 Å². The molecule has 0 aliphatic heterocycles. The highest BCUT2D eigenvalue weighted by molar-refractivity contribution is 6.16. The van der Waals surface area contributed by atoms with E-state index < -0.39 is 11.7 Å². The van der Waals surface area contributed by atoms with Gasteiger partial charge in [-0.25, -0.2) is 0 Å². The van der Waals surface area contributed by atoms with E-state index in [0.717, 1.165) is 12.1 Å². The second-order valence-corrected chi connectivity index (χ2v) is 3.86. The van der Waals surface area contributed by atoms with E-state index in [9.17, 15) is 13.2 Å². The van der Waals surface area contributed by atoms with Gasteiger partial charge in [0.05, 0.1) is 12.0 Å². The molecule has 0 fully saturated rings. The molecule has 0 bridgehead atoms. The summed E-state index contributed by atoms with van der Waals surface area (Å²) in [5.74, 6) is 0.726. The van der Waals surface area contributed by atoms with Crippen LogP contribution in [-0.2, 0) is 18.5 Å². The Morgan fingerprint density at radius 2 is 1.67 bits per heavy atom. The zero-order chi connectivity index (χ0) is 13.2. The maximum absolute atomic E-state index is 12.3. The molecule has 96 valence electrons. The van der Waals surface area contributed by atoms with Crippen LogP contribution in [-0.4, -0.2) is 10.2 Å². The van der Waals surface area contributed by atoms with Crippen LogP contribution in [0, 0.1) is 0 Å². The van der Waals surface area contributed by atoms with Gasteiger partial charge < -0.3 is 4.42 Å². The van der Waals surface area contributed by atoms with Crippen molar-refractivity contribution in [3.63, 3.8) is 0 Å². The Kier molecular flexibility index (Phi) is 3.56. The fourth-order valence-corrected chi connectivity index (χ4v) is 1.51. The summed E-state index contributed by atoms with van der Waals surface area (Å²) in [5, 5.41) is 7.39. The standard InChI is InChI=1S/C11H8ClF3N2O/c12-6-10-17-16-9(18-10)5-7-1-3-8(4-2-7)11(13,14)15/h1-4H,5-6H2. The average molecular weight is 277 g/mol. The molecule has 18 heavy (non-hydrogen) atoms. The Morgan fingerprint density at radius 1 is 1.06 bits per heavy atom. The molecule has 0 aliphatic carbocycles. The molecule has 0 N–H and O–H groups in total. The third-order valence-corrected chi connectivity index (χ3v) is 2.49. The molecule has 2 rings (SSSR count). The minimum Gasteiger partial charge on any atom is -0.424 e. The Labute approximate surface area is 106 Å². The topological polar surface area (TPSA) is 38.9 Å². The number of nitrogens with zero attached hydrogens (tertiary/aromatic N) is 2. The van der Waals surface area contributed by atoms with Crippen molar-refractivity contribution in [2.24, 2.45) is 0 Å². The van der Waals surface area contributed by atoms with Gasteiger partial charge in [0.15, 0.2) is 0 Å². The molecular weight excluding hydrogens is 269 g/mol. The van der Waals surface area contributed by atoms with Crippen molar-refractivity contribution >= 4 is 11.6 Å². The van der Waals surface area contributed by atoms with Crippen molar-refractivity contribution in [3.8, 4) is 0 Å². The van der Waals surface area contributed by atoms with Crippen LogP contribution in [0.4, 0.5) is 13.2 Å². The van der Waals surface area contributed by atoms with E-state index in [0.29, 0.717) is 17.3 Å². The normalized spacial score (nSPS) is 11.8. The Bertz CT molecular complexity index is 522. The summed E-state index contributed by atoms with van der Waals surface area (Å²) < 4.78 is 42.2. The van der Waals surface area contributed by atoms with Gasteiger partial charge in [-0.15, -0.1) is 21.8 Å². The molecule has 3 nitrogen and oxygen atoms in total. The first-order valence-corrected chi connectivity index (χ1v) is 5.56. The molecule has 0 radical (unpaired) electrons. The Balaban J connectivity index is 2.11. The summed E-state index contributed by atoms with van der Waals surface area (Å²) in [7, 11) is 0. The van der Waals surface area contributed by atoms with Crippen LogP contribution in [0.2, 0.25) is 0 Å². The van der Waals surface area contributed by atoms with Crippen molar-refractivity contribution in [1.82, 2.24) is 10.2 Å². The fourth-order valence-electron chi connectivity index (χ4n) is 1.40. The third kappa shape index (κ3) is 3.01. The molecule has 0 amide bonds. The van der Waals surface area contributed by atoms with Crippen molar-refractivity contribution in [2.45, 2.75) is 18.5 Å². The number of alkyl halides is 4. The van der Waals surface area contributed by atoms with E-state index in [4.69, 9.17) is 16.0 Å². The molecule has 1 aromatic carbocycles. The Morgan fingerprint density at radius 3 is 2.17 bits per heavy atom. The lowest BCUT2D eigenvalue weighted by molar-refractivity contribution is -0.137. The van der Waals surface area contributed by atoms with Crippen LogP contribution in [0.5, 0.6) is 0 Å². The minimum atomic E-state index is -4.32. The zero-order valence-electron chi connectivity index (χ0n) is 9.04. The minimum absolute atomic E-state index is 0.111. The summed E-state index contributed by atoms with van der Waals surface area (Å²) in [6.45, 7) is 0. The number of halogens is 4. The molecule has 1 aromatic heterocycles. The zero-order valence-corrected chi connectivity index (χ0v) is 9.79. The van der Waals surface area contributed by atoms with Gasteiger partial charge in [-0.1, -0.05) is 12.1 Å². The summed E-state index contributed by atoms with van der Waals surface area (Å²) >= 11 is 5.49. The number of hydrogen-bond donors (Lipinski definition) is 0. The first-order valence-electron chi connectivity index (χ1n) is 5.02. The smallest absolute Gasteiger partial charge is 0.416 e. The second-order valence-electron chi connectivity index (χ2n) is 3.59. The molecule has 2 aromatic rings. The molecule has 0 saturated carbocycles. The first kappa shape index (κ1) is 12.9. The van der Waals surface area contributed by atoms with Gasteiger partial charge in [-0.2, -0.15) is 13.2 Å². The molecule has 0 aliphatic rings. The molecule has 0 saturated heterocycles. The van der Waals surface area contributed by atoms with Gasteiger partial charge in [0.2, 0.25) is 11.8 Å². The highest BCUT2D eigenvalue weighted by Crippen LogP contribution is 2.29. The summed E-state index contributed by atoms with van der Waals surface area (Å²) in [6.07, 6.45) is -4.04. The predicted octanol–water partition coefficient (Wildman–Crippen LogP) is 3.42. The van der Waals surface area contributed by atoms with Crippen LogP contribution in [0.3, 0.4) is 0 Å². The monoisotopic (exact) mass is 276 g/mol. The molecular formula is C11H8ClF3N2O. The molecule has 0 atom stereocenters. The highest BCUT2D eigenvalue weighted by atomic mass is 35.5. The van der Waals surface area contributed by atoms with Crippen LogP contribution in [0.1, 0.15) is 22.9 Å². The number of benzene rings is 1. The Hall–Kier alpha value is -1.56. The number of rotatable bonds is 3. The van der Waals surface area contributed by atoms with Crippen molar-refractivity contribution in [2.75, 3.05) is 0 Å². The summed E-state index contributed by atoms with van der Waals surface area (Å²) in [4.78, 5) is 0. The van der Waals surface area contributed by atoms with E-state index >= 15 is 0 Å². The lowest BCUT2D eigenvalue weighted by Crippen LogP contribution is -2.04. The largest absolute Gasteiger partial charge is 0.424 e. The maximum Gasteiger partial charge on any atom is 0.416 e. The van der Waals surface area contributed by atoms with Gasteiger partial charge >= 0.3 is 6.18 Å². The molecule has 1 heterocycles. The third-order valence-electron chi connectivity index (χ3n) is 2.26. The van der Waals surface area contributed by atoms with Gasteiger partial charge in [-0.3, -0.25) is 0 Å². The van der Waals surface area contributed by atoms with Crippen molar-refractivity contribution < 1.29 is 17.6 Å². The van der Waals surface area contributed by atoms with Gasteiger partial charge in [0.25, 0.3) is 0 Å². The van der Waals surface area contributed by atoms with Gasteiger partial charge in [0.1, 0.15) is 5.88 Å². The van der Waals surface area contributed by atoms with Crippen LogP contribution >= 0.6 is 11.6 Å². The lowest BCUT2D eigenvalue weighted by atomic mass is 10.1. The van der Waals surface area contributed by atoms with E-state index in [1.165, 1.54) is 12.1 Å². The summed E-state index contributed by atoms with van der Waals surface area (Å²) in [6, 6.07) is 4.81. The maximum atomic E-state index is 12.3. The van der Waals surface area contributed by atoms with Gasteiger partial charge in [-0.05, 0) is 17.7 Å². The predicted molar refractivity (Wildman–Crippen MR) is 58.1 cm³/mol. The van der Waals surface area contributed by atoms with Crippen molar-refractivity contribution in [3.05, 3.63) is 47.2 Å². The van der Waals surface area contributed by atoms with E-state index in [2.05, 4.69) is 10.2 Å². The fraction of sp³-hybridized carbons (Fsp3) is 0.273. The summed E-state index contributed by atoms with van der Waals surface area (Å²) in [5.41, 5.74) is -0.0222. The lowest BCUT2D eigenvalue weighted by Gasteiger charge is -2.06. The molecule has 0 spiro atoms. The molecule has 0 unspecified atom stereocenters. The highest BCUT2D eigenvalue weighted by Gasteiger charge is 2.29.